The summed E-state index contributed by atoms with van der Waals surface area (Å²) in [7, 11) is 0. The van der Waals surface area contributed by atoms with Crippen molar-refractivity contribution >= 4 is 23.1 Å². The fraction of sp³-hybridized carbons (Fsp3) is 0.571. The molecule has 2 aliphatic heterocycles. The number of imidazole rings is 1. The SMILES string of the molecule is CCCCCCCCCN1CCc2cc(C(=O)N3CCC(CCCCNC(=O)c4ccc5nccn5c4)CC3)ccc21. The molecule has 1 fully saturated rings. The van der Waals surface area contributed by atoms with Gasteiger partial charge in [0.15, 0.2) is 0 Å². The van der Waals surface area contributed by atoms with Crippen LogP contribution in [0.3, 0.4) is 0 Å². The zero-order chi connectivity index (χ0) is 29.1. The molecule has 0 spiro atoms. The highest BCUT2D eigenvalue weighted by atomic mass is 16.2. The number of nitrogens with zero attached hydrogens (tertiary/aromatic N) is 4. The van der Waals surface area contributed by atoms with Crippen molar-refractivity contribution in [1.29, 1.82) is 0 Å². The summed E-state index contributed by atoms with van der Waals surface area (Å²) in [5, 5.41) is 3.05. The minimum Gasteiger partial charge on any atom is -0.371 e. The van der Waals surface area contributed by atoms with Crippen LogP contribution in [0, 0.1) is 5.92 Å². The van der Waals surface area contributed by atoms with Crippen molar-refractivity contribution in [3.8, 4) is 0 Å². The number of piperidine rings is 1. The monoisotopic (exact) mass is 571 g/mol. The minimum atomic E-state index is -0.0372. The van der Waals surface area contributed by atoms with Crippen molar-refractivity contribution < 1.29 is 9.59 Å². The predicted molar refractivity (Wildman–Crippen MR) is 170 cm³/mol. The number of benzene rings is 1. The molecule has 0 atom stereocenters. The third-order valence-corrected chi connectivity index (χ3v) is 9.23. The first-order valence-electron chi connectivity index (χ1n) is 16.5. The van der Waals surface area contributed by atoms with E-state index in [-0.39, 0.29) is 11.8 Å². The van der Waals surface area contributed by atoms with Crippen LogP contribution in [-0.2, 0) is 6.42 Å². The molecule has 5 rings (SSSR count). The van der Waals surface area contributed by atoms with E-state index in [4.69, 9.17) is 0 Å². The Morgan fingerprint density at radius 2 is 1.69 bits per heavy atom. The first-order valence-corrected chi connectivity index (χ1v) is 16.5. The van der Waals surface area contributed by atoms with E-state index in [2.05, 4.69) is 45.2 Å². The Balaban J connectivity index is 0.972. The van der Waals surface area contributed by atoms with E-state index >= 15 is 0 Å². The van der Waals surface area contributed by atoms with Gasteiger partial charge in [-0.1, -0.05) is 58.3 Å². The third kappa shape index (κ3) is 7.93. The van der Waals surface area contributed by atoms with Crippen molar-refractivity contribution in [2.75, 3.05) is 37.6 Å². The molecular weight excluding hydrogens is 522 g/mol. The lowest BCUT2D eigenvalue weighted by Gasteiger charge is -2.32. The first-order chi connectivity index (χ1) is 20.6. The number of hydrogen-bond acceptors (Lipinski definition) is 4. The predicted octanol–water partition coefficient (Wildman–Crippen LogP) is 6.90. The molecular formula is C35H49N5O2. The summed E-state index contributed by atoms with van der Waals surface area (Å²) in [6, 6.07) is 10.1. The number of unbranched alkanes of at least 4 members (excludes halogenated alkanes) is 7. The molecule has 1 N–H and O–H groups in total. The maximum absolute atomic E-state index is 13.3. The standard InChI is InChI=1S/C35H49N5O2/c1-2-3-4-5-6-7-10-21-38-24-18-29-26-30(12-14-32(29)38)35(42)39-22-16-28(17-23-39)11-8-9-19-37-34(41)31-13-15-33-36-20-25-40(33)27-31/h12-15,20,25-28H,2-11,16-19,21-24H2,1H3,(H,37,41). The Hall–Kier alpha value is -3.35. The molecule has 0 aliphatic carbocycles. The molecule has 42 heavy (non-hydrogen) atoms. The number of fused-ring (bicyclic) bond motifs is 2. The molecule has 2 amide bonds. The fourth-order valence-corrected chi connectivity index (χ4v) is 6.62. The highest BCUT2D eigenvalue weighted by Crippen LogP contribution is 2.30. The number of anilines is 1. The highest BCUT2D eigenvalue weighted by molar-refractivity contribution is 5.95. The molecule has 226 valence electrons. The summed E-state index contributed by atoms with van der Waals surface area (Å²) in [5.41, 5.74) is 5.03. The van der Waals surface area contributed by atoms with Gasteiger partial charge in [0, 0.05) is 62.6 Å². The summed E-state index contributed by atoms with van der Waals surface area (Å²) >= 11 is 0. The lowest BCUT2D eigenvalue weighted by molar-refractivity contribution is 0.0685. The second-order valence-electron chi connectivity index (χ2n) is 12.3. The smallest absolute Gasteiger partial charge is 0.253 e. The molecule has 2 aliphatic rings. The zero-order valence-electron chi connectivity index (χ0n) is 25.5. The Morgan fingerprint density at radius 3 is 2.52 bits per heavy atom. The maximum Gasteiger partial charge on any atom is 0.253 e. The molecule has 1 aromatic carbocycles. The van der Waals surface area contributed by atoms with Gasteiger partial charge in [-0.2, -0.15) is 0 Å². The third-order valence-electron chi connectivity index (χ3n) is 9.23. The van der Waals surface area contributed by atoms with Crippen LogP contribution < -0.4 is 10.2 Å². The molecule has 3 aromatic rings. The fourth-order valence-electron chi connectivity index (χ4n) is 6.62. The van der Waals surface area contributed by atoms with E-state index < -0.39 is 0 Å². The van der Waals surface area contributed by atoms with Crippen LogP contribution in [0.15, 0.2) is 48.9 Å². The van der Waals surface area contributed by atoms with E-state index in [1.165, 1.54) is 56.2 Å². The van der Waals surface area contributed by atoms with Crippen LogP contribution in [0.25, 0.3) is 5.65 Å². The van der Waals surface area contributed by atoms with Crippen LogP contribution in [0.4, 0.5) is 5.69 Å². The van der Waals surface area contributed by atoms with Gasteiger partial charge in [-0.15, -0.1) is 0 Å². The van der Waals surface area contributed by atoms with Crippen molar-refractivity contribution in [2.24, 2.45) is 5.92 Å². The van der Waals surface area contributed by atoms with Crippen LogP contribution in [-0.4, -0.2) is 58.8 Å². The molecule has 7 heteroatoms. The van der Waals surface area contributed by atoms with E-state index in [0.29, 0.717) is 18.0 Å². The molecule has 7 nitrogen and oxygen atoms in total. The summed E-state index contributed by atoms with van der Waals surface area (Å²) in [6.07, 6.45) is 21.2. The molecule has 1 saturated heterocycles. The van der Waals surface area contributed by atoms with Crippen molar-refractivity contribution in [3.05, 3.63) is 65.6 Å². The Kier molecular flexibility index (Phi) is 10.9. The normalized spacial score (nSPS) is 15.4. The van der Waals surface area contributed by atoms with Crippen LogP contribution in [0.5, 0.6) is 0 Å². The molecule has 0 radical (unpaired) electrons. The van der Waals surface area contributed by atoms with Crippen molar-refractivity contribution in [1.82, 2.24) is 19.6 Å². The van der Waals surface area contributed by atoms with Crippen LogP contribution in [0.2, 0.25) is 0 Å². The molecule has 0 unspecified atom stereocenters. The van der Waals surface area contributed by atoms with E-state index in [1.54, 1.807) is 6.20 Å². The van der Waals surface area contributed by atoms with Gasteiger partial charge in [0.05, 0.1) is 5.56 Å². The first kappa shape index (κ1) is 30.1. The summed E-state index contributed by atoms with van der Waals surface area (Å²) in [4.78, 5) is 34.6. The summed E-state index contributed by atoms with van der Waals surface area (Å²) in [5.74, 6) is 0.817. The number of likely N-dealkylation sites (tertiary alicyclic amines) is 1. The highest BCUT2D eigenvalue weighted by Gasteiger charge is 2.25. The molecule has 0 bridgehead atoms. The van der Waals surface area contributed by atoms with E-state index in [9.17, 15) is 9.59 Å². The number of nitrogens with one attached hydrogen (secondary N) is 1. The topological polar surface area (TPSA) is 70.0 Å². The summed E-state index contributed by atoms with van der Waals surface area (Å²) in [6.45, 7) is 6.87. The van der Waals surface area contributed by atoms with Gasteiger partial charge in [0.25, 0.3) is 11.8 Å². The lowest BCUT2D eigenvalue weighted by atomic mass is 9.91. The van der Waals surface area contributed by atoms with Crippen molar-refractivity contribution in [3.63, 3.8) is 0 Å². The van der Waals surface area contributed by atoms with E-state index in [0.717, 1.165) is 75.9 Å². The Morgan fingerprint density at radius 1 is 0.905 bits per heavy atom. The van der Waals surface area contributed by atoms with Gasteiger partial charge < -0.3 is 19.5 Å². The molecule has 4 heterocycles. The Bertz CT molecular complexity index is 1310. The minimum absolute atomic E-state index is 0.0372. The van der Waals surface area contributed by atoms with Gasteiger partial charge in [-0.3, -0.25) is 9.59 Å². The zero-order valence-corrected chi connectivity index (χ0v) is 25.5. The van der Waals surface area contributed by atoms with Crippen LogP contribution in [0.1, 0.15) is 110 Å². The number of carbonyl (C=O) groups is 2. The number of aromatic nitrogens is 2. The Labute approximate surface area is 251 Å². The molecule has 2 aromatic heterocycles. The van der Waals surface area contributed by atoms with E-state index in [1.807, 2.05) is 28.9 Å². The largest absolute Gasteiger partial charge is 0.371 e. The second-order valence-corrected chi connectivity index (χ2v) is 12.3. The maximum atomic E-state index is 13.3. The van der Waals surface area contributed by atoms with Gasteiger partial charge in [-0.25, -0.2) is 4.98 Å². The quantitative estimate of drug-likeness (QED) is 0.202. The van der Waals surface area contributed by atoms with Gasteiger partial charge in [0.1, 0.15) is 5.65 Å². The number of pyridine rings is 1. The van der Waals surface area contributed by atoms with Gasteiger partial charge >= 0.3 is 0 Å². The van der Waals surface area contributed by atoms with Crippen LogP contribution >= 0.6 is 0 Å². The average molecular weight is 572 g/mol. The van der Waals surface area contributed by atoms with Gasteiger partial charge in [-0.05, 0) is 73.9 Å². The number of hydrogen-bond donors (Lipinski definition) is 1. The average Bonchev–Trinajstić information content (AvgIpc) is 3.66. The molecule has 0 saturated carbocycles. The number of amides is 2. The number of carbonyl (C=O) groups excluding carboxylic acids is 2. The van der Waals surface area contributed by atoms with Gasteiger partial charge in [0.2, 0.25) is 0 Å². The lowest BCUT2D eigenvalue weighted by Crippen LogP contribution is -2.38. The number of rotatable bonds is 15. The summed E-state index contributed by atoms with van der Waals surface area (Å²) < 4.78 is 1.86. The van der Waals surface area contributed by atoms with Crippen molar-refractivity contribution in [2.45, 2.75) is 90.4 Å². The second kappa shape index (κ2) is 15.2.